The number of hydrogen-bond donors (Lipinski definition) is 1. The van der Waals surface area contributed by atoms with Gasteiger partial charge in [0.15, 0.2) is 0 Å². The Morgan fingerprint density at radius 2 is 1.53 bits per heavy atom. The first-order valence-electron chi connectivity index (χ1n) is 5.80. The molecule has 2 aromatic rings. The maximum absolute atomic E-state index is 9.67. The third kappa shape index (κ3) is 3.08. The molecule has 0 saturated heterocycles. The smallest absolute Gasteiger partial charge is 0.127 e. The molecule has 0 radical (unpaired) electrons. The van der Waals surface area contributed by atoms with E-state index in [2.05, 4.69) is 0 Å². The summed E-state index contributed by atoms with van der Waals surface area (Å²) in [5.74, 6) is 1.60. The Labute approximate surface area is 101 Å². The molecule has 0 unspecified atom stereocenters. The Kier molecular flexibility index (Phi) is 3.78. The minimum absolute atomic E-state index is 0.388. The molecule has 0 fully saturated rings. The molecule has 2 rings (SSSR count). The summed E-state index contributed by atoms with van der Waals surface area (Å²) in [6.07, 6.45) is 0.333. The molecule has 1 atom stereocenters. The summed E-state index contributed by atoms with van der Waals surface area (Å²) in [7, 11) is 0. The van der Waals surface area contributed by atoms with E-state index in [4.69, 9.17) is 4.74 Å². The van der Waals surface area contributed by atoms with Gasteiger partial charge in [0.25, 0.3) is 0 Å². The monoisotopic (exact) mass is 228 g/mol. The van der Waals surface area contributed by atoms with Crippen LogP contribution in [0.15, 0.2) is 54.6 Å². The molecule has 0 spiro atoms. The van der Waals surface area contributed by atoms with E-state index < -0.39 is 0 Å². The van der Waals surface area contributed by atoms with Crippen LogP contribution in [0.1, 0.15) is 25.0 Å². The van der Waals surface area contributed by atoms with Gasteiger partial charge in [-0.3, -0.25) is 0 Å². The van der Waals surface area contributed by atoms with Gasteiger partial charge in [-0.25, -0.2) is 0 Å². The molecule has 0 aliphatic rings. The van der Waals surface area contributed by atoms with E-state index in [1.165, 1.54) is 0 Å². The molecule has 2 nitrogen and oxygen atoms in total. The number of hydrogen-bond acceptors (Lipinski definition) is 2. The fourth-order valence-corrected chi connectivity index (χ4v) is 1.62. The Balaban J connectivity index is 2.08. The summed E-state index contributed by atoms with van der Waals surface area (Å²) in [6.45, 7) is 1.96. The normalized spacial score (nSPS) is 12.1. The highest BCUT2D eigenvalue weighted by molar-refractivity contribution is 5.33. The molecule has 0 aliphatic heterocycles. The van der Waals surface area contributed by atoms with Gasteiger partial charge in [-0.1, -0.05) is 37.3 Å². The quantitative estimate of drug-likeness (QED) is 0.859. The number of benzene rings is 2. The molecule has 0 aliphatic carbocycles. The summed E-state index contributed by atoms with van der Waals surface area (Å²) in [6, 6.07) is 17.2. The Hall–Kier alpha value is -1.80. The lowest BCUT2D eigenvalue weighted by molar-refractivity contribution is 0.173. The topological polar surface area (TPSA) is 29.5 Å². The lowest BCUT2D eigenvalue weighted by Crippen LogP contribution is -1.94. The van der Waals surface area contributed by atoms with Gasteiger partial charge in [0.2, 0.25) is 0 Å². The number of aliphatic hydroxyl groups excluding tert-OH is 1. The van der Waals surface area contributed by atoms with E-state index in [-0.39, 0.29) is 6.10 Å². The number of rotatable bonds is 4. The molecule has 0 amide bonds. The van der Waals surface area contributed by atoms with Crippen LogP contribution in [-0.2, 0) is 0 Å². The van der Waals surface area contributed by atoms with Gasteiger partial charge in [0.05, 0.1) is 6.10 Å². The van der Waals surface area contributed by atoms with Crippen molar-refractivity contribution in [3.8, 4) is 11.5 Å². The Bertz CT molecular complexity index is 448. The van der Waals surface area contributed by atoms with Gasteiger partial charge < -0.3 is 9.84 Å². The zero-order chi connectivity index (χ0) is 12.1. The lowest BCUT2D eigenvalue weighted by Gasteiger charge is -2.09. The first kappa shape index (κ1) is 11.7. The molecule has 0 bridgehead atoms. The van der Waals surface area contributed by atoms with Gasteiger partial charge in [0.1, 0.15) is 11.5 Å². The number of aliphatic hydroxyl groups is 1. The van der Waals surface area contributed by atoms with Crippen LogP contribution in [0.4, 0.5) is 0 Å². The number of para-hydroxylation sites is 1. The van der Waals surface area contributed by atoms with Crippen LogP contribution in [-0.4, -0.2) is 5.11 Å². The fraction of sp³-hybridized carbons (Fsp3) is 0.200. The van der Waals surface area contributed by atoms with Crippen molar-refractivity contribution in [1.29, 1.82) is 0 Å². The maximum atomic E-state index is 9.67. The van der Waals surface area contributed by atoms with E-state index in [0.717, 1.165) is 23.5 Å². The molecule has 1 N–H and O–H groups in total. The Morgan fingerprint density at radius 1 is 0.941 bits per heavy atom. The van der Waals surface area contributed by atoms with Crippen molar-refractivity contribution >= 4 is 0 Å². The second-order valence-electron chi connectivity index (χ2n) is 3.91. The third-order valence-electron chi connectivity index (χ3n) is 2.63. The predicted octanol–water partition coefficient (Wildman–Crippen LogP) is 3.92. The van der Waals surface area contributed by atoms with Crippen LogP contribution in [0.25, 0.3) is 0 Å². The van der Waals surface area contributed by atoms with Crippen molar-refractivity contribution in [2.24, 2.45) is 0 Å². The van der Waals surface area contributed by atoms with E-state index in [0.29, 0.717) is 0 Å². The van der Waals surface area contributed by atoms with E-state index >= 15 is 0 Å². The summed E-state index contributed by atoms with van der Waals surface area (Å²) in [5, 5.41) is 9.67. The molecular formula is C15H16O2. The average molecular weight is 228 g/mol. The average Bonchev–Trinajstić information content (AvgIpc) is 2.40. The van der Waals surface area contributed by atoms with Crippen molar-refractivity contribution in [1.82, 2.24) is 0 Å². The van der Waals surface area contributed by atoms with Crippen molar-refractivity contribution < 1.29 is 9.84 Å². The van der Waals surface area contributed by atoms with Crippen LogP contribution in [0.3, 0.4) is 0 Å². The predicted molar refractivity (Wildman–Crippen MR) is 68.2 cm³/mol. The van der Waals surface area contributed by atoms with E-state index in [1.807, 2.05) is 61.5 Å². The molecule has 88 valence electrons. The molecule has 0 heterocycles. The zero-order valence-electron chi connectivity index (χ0n) is 9.84. The maximum Gasteiger partial charge on any atom is 0.127 e. The zero-order valence-corrected chi connectivity index (χ0v) is 9.84. The first-order chi connectivity index (χ1) is 8.29. The van der Waals surface area contributed by atoms with Crippen LogP contribution in [0.5, 0.6) is 11.5 Å². The van der Waals surface area contributed by atoms with Gasteiger partial charge >= 0.3 is 0 Å². The van der Waals surface area contributed by atoms with Crippen molar-refractivity contribution in [3.05, 3.63) is 60.2 Å². The van der Waals surface area contributed by atoms with Crippen LogP contribution in [0.2, 0.25) is 0 Å². The fourth-order valence-electron chi connectivity index (χ4n) is 1.62. The summed E-state index contributed by atoms with van der Waals surface area (Å²) < 4.78 is 5.67. The Morgan fingerprint density at radius 3 is 2.12 bits per heavy atom. The third-order valence-corrected chi connectivity index (χ3v) is 2.63. The van der Waals surface area contributed by atoms with E-state index in [1.54, 1.807) is 0 Å². The van der Waals surface area contributed by atoms with E-state index in [9.17, 15) is 5.11 Å². The first-order valence-corrected chi connectivity index (χ1v) is 5.80. The SMILES string of the molecule is CC[C@H](O)c1ccc(Oc2ccccc2)cc1. The largest absolute Gasteiger partial charge is 0.457 e. The number of ether oxygens (including phenoxy) is 1. The van der Waals surface area contributed by atoms with Crippen LogP contribution in [0, 0.1) is 0 Å². The summed E-state index contributed by atoms with van der Waals surface area (Å²) >= 11 is 0. The lowest BCUT2D eigenvalue weighted by atomic mass is 10.1. The highest BCUT2D eigenvalue weighted by Crippen LogP contribution is 2.23. The standard InChI is InChI=1S/C15H16O2/c1-2-15(16)12-8-10-14(11-9-12)17-13-6-4-3-5-7-13/h3-11,15-16H,2H2,1H3/t15-/m0/s1. The summed E-state index contributed by atoms with van der Waals surface area (Å²) in [5.41, 5.74) is 0.924. The molecule has 2 heteroatoms. The van der Waals surface area contributed by atoms with Crippen molar-refractivity contribution in [2.75, 3.05) is 0 Å². The molecular weight excluding hydrogens is 212 g/mol. The summed E-state index contributed by atoms with van der Waals surface area (Å²) in [4.78, 5) is 0. The van der Waals surface area contributed by atoms with Crippen LogP contribution < -0.4 is 4.74 Å². The van der Waals surface area contributed by atoms with Crippen LogP contribution >= 0.6 is 0 Å². The minimum Gasteiger partial charge on any atom is -0.457 e. The van der Waals surface area contributed by atoms with Gasteiger partial charge in [-0.2, -0.15) is 0 Å². The molecule has 17 heavy (non-hydrogen) atoms. The highest BCUT2D eigenvalue weighted by atomic mass is 16.5. The molecule has 0 aromatic heterocycles. The second kappa shape index (κ2) is 5.51. The van der Waals surface area contributed by atoms with Crippen molar-refractivity contribution in [3.63, 3.8) is 0 Å². The van der Waals surface area contributed by atoms with Gasteiger partial charge in [0, 0.05) is 0 Å². The van der Waals surface area contributed by atoms with Gasteiger partial charge in [-0.05, 0) is 36.2 Å². The molecule has 0 saturated carbocycles. The van der Waals surface area contributed by atoms with Crippen molar-refractivity contribution in [2.45, 2.75) is 19.4 Å². The second-order valence-corrected chi connectivity index (χ2v) is 3.91. The van der Waals surface area contributed by atoms with Gasteiger partial charge in [-0.15, -0.1) is 0 Å². The minimum atomic E-state index is -0.388. The molecule has 2 aromatic carbocycles. The highest BCUT2D eigenvalue weighted by Gasteiger charge is 2.04.